The van der Waals surface area contributed by atoms with Crippen molar-refractivity contribution in [2.24, 2.45) is 5.92 Å². The highest BCUT2D eigenvalue weighted by molar-refractivity contribution is 5.10. The number of rotatable bonds is 0. The van der Waals surface area contributed by atoms with E-state index in [0.29, 0.717) is 18.1 Å². The summed E-state index contributed by atoms with van der Waals surface area (Å²) in [7, 11) is 2.06. The third kappa shape index (κ3) is 0.758. The van der Waals surface area contributed by atoms with E-state index in [2.05, 4.69) is 12.1 Å². The Kier molecular flexibility index (Phi) is 1.33. The molecule has 0 N–H and O–H groups in total. The molecule has 1 saturated carbocycles. The Bertz CT molecular complexity index is 281. The largest absolute Gasteiger partial charge is 0.347 e. The van der Waals surface area contributed by atoms with Crippen molar-refractivity contribution >= 4 is 0 Å². The van der Waals surface area contributed by atoms with Crippen LogP contribution in [0.4, 0.5) is 0 Å². The van der Waals surface area contributed by atoms with Gasteiger partial charge in [-0.2, -0.15) is 5.06 Å². The molecule has 0 aromatic carbocycles. The Hall–Kier alpha value is -0.160. The van der Waals surface area contributed by atoms with Gasteiger partial charge in [-0.15, -0.1) is 0 Å². The summed E-state index contributed by atoms with van der Waals surface area (Å²) in [5, 5.41) is 2.07. The molecule has 0 radical (unpaired) electrons. The molecule has 3 saturated heterocycles. The summed E-state index contributed by atoms with van der Waals surface area (Å²) < 4.78 is 11.6. The fourth-order valence-electron chi connectivity index (χ4n) is 3.70. The number of hydroxylamine groups is 2. The normalized spacial score (nSPS) is 60.6. The number of hydrogen-bond acceptors (Lipinski definition) is 4. The van der Waals surface area contributed by atoms with Crippen molar-refractivity contribution in [2.45, 2.75) is 43.3 Å². The average Bonchev–Trinajstić information content (AvgIpc) is 2.55. The minimum Gasteiger partial charge on any atom is -0.347 e. The first-order chi connectivity index (χ1) is 6.78. The Morgan fingerprint density at radius 2 is 2.07 bits per heavy atom. The Labute approximate surface area is 83.1 Å². The molecule has 1 spiro atoms. The van der Waals surface area contributed by atoms with Crippen LogP contribution in [-0.4, -0.2) is 42.8 Å². The van der Waals surface area contributed by atoms with Crippen LogP contribution in [0.3, 0.4) is 0 Å². The predicted octanol–water partition coefficient (Wildman–Crippen LogP) is 0.526. The highest BCUT2D eigenvalue weighted by Crippen LogP contribution is 2.54. The topological polar surface area (TPSA) is 30.9 Å². The lowest BCUT2D eigenvalue weighted by Gasteiger charge is -2.46. The van der Waals surface area contributed by atoms with Crippen molar-refractivity contribution in [3.05, 3.63) is 0 Å². The first kappa shape index (κ1) is 8.05. The summed E-state index contributed by atoms with van der Waals surface area (Å²) in [5.74, 6) is 0.655. The van der Waals surface area contributed by atoms with Gasteiger partial charge in [0.1, 0.15) is 0 Å². The summed E-state index contributed by atoms with van der Waals surface area (Å²) in [4.78, 5) is 5.67. The molecule has 4 nitrogen and oxygen atoms in total. The molecule has 0 aromatic rings. The first-order valence-corrected chi connectivity index (χ1v) is 5.46. The van der Waals surface area contributed by atoms with Gasteiger partial charge in [0.25, 0.3) is 0 Å². The van der Waals surface area contributed by atoms with Crippen LogP contribution in [0.5, 0.6) is 0 Å². The van der Waals surface area contributed by atoms with Gasteiger partial charge in [0.05, 0.1) is 24.4 Å². The zero-order valence-electron chi connectivity index (χ0n) is 8.31. The van der Waals surface area contributed by atoms with Crippen molar-refractivity contribution in [3.63, 3.8) is 0 Å². The second kappa shape index (κ2) is 2.32. The Balaban J connectivity index is 1.80. The quantitative estimate of drug-likeness (QED) is 0.566. The zero-order valence-corrected chi connectivity index (χ0v) is 8.31. The van der Waals surface area contributed by atoms with E-state index in [0.717, 1.165) is 25.9 Å². The maximum Gasteiger partial charge on any atom is 0.160 e. The van der Waals surface area contributed by atoms with Gasteiger partial charge in [-0.05, 0) is 12.8 Å². The van der Waals surface area contributed by atoms with Crippen LogP contribution in [0, 0.1) is 5.92 Å². The van der Waals surface area contributed by atoms with E-state index in [9.17, 15) is 0 Å². The lowest BCUT2D eigenvalue weighted by atomic mass is 9.69. The smallest absolute Gasteiger partial charge is 0.160 e. The minimum atomic E-state index is 0.0351. The fraction of sp³-hybridized carbons (Fsp3) is 1.00. The average molecular weight is 197 g/mol. The molecule has 3 aliphatic heterocycles. The van der Waals surface area contributed by atoms with Crippen molar-refractivity contribution in [1.29, 1.82) is 0 Å². The van der Waals surface area contributed by atoms with Crippen LogP contribution >= 0.6 is 0 Å². The van der Waals surface area contributed by atoms with Gasteiger partial charge in [0.15, 0.2) is 6.29 Å². The highest BCUT2D eigenvalue weighted by atomic mass is 16.7. The standard InChI is InChI=1S/C10H15NO3/c1-11-10-3-8-7(2-6(10)5-12-11)13-9(4-10)14-8/h6-9H,2-5H2,1H3/t6-,7-,8-,9-,10-/m1/s1. The molecule has 0 amide bonds. The molecule has 4 heteroatoms. The molecule has 78 valence electrons. The summed E-state index contributed by atoms with van der Waals surface area (Å²) in [6.07, 6.45) is 3.90. The molecule has 4 fully saturated rings. The maximum atomic E-state index is 5.85. The molecular formula is C10H15NO3. The number of ether oxygens (including phenoxy) is 2. The van der Waals surface area contributed by atoms with Crippen LogP contribution < -0.4 is 0 Å². The van der Waals surface area contributed by atoms with Gasteiger partial charge in [-0.1, -0.05) is 0 Å². The van der Waals surface area contributed by atoms with Gasteiger partial charge in [-0.25, -0.2) is 0 Å². The van der Waals surface area contributed by atoms with Gasteiger partial charge >= 0.3 is 0 Å². The summed E-state index contributed by atoms with van der Waals surface area (Å²) in [5.41, 5.74) is 0.223. The highest BCUT2D eigenvalue weighted by Gasteiger charge is 2.63. The number of fused-ring (bicyclic) bond motifs is 1. The maximum absolute atomic E-state index is 5.85. The first-order valence-electron chi connectivity index (χ1n) is 5.46. The second-order valence-electron chi connectivity index (χ2n) is 5.02. The Morgan fingerprint density at radius 1 is 1.21 bits per heavy atom. The van der Waals surface area contributed by atoms with Crippen molar-refractivity contribution in [1.82, 2.24) is 5.06 Å². The van der Waals surface area contributed by atoms with Gasteiger partial charge in [0.2, 0.25) is 0 Å². The van der Waals surface area contributed by atoms with Gasteiger partial charge in [-0.3, -0.25) is 4.84 Å². The van der Waals surface area contributed by atoms with Crippen LogP contribution in [0.1, 0.15) is 19.3 Å². The van der Waals surface area contributed by atoms with Crippen molar-refractivity contribution < 1.29 is 14.3 Å². The summed E-state index contributed by atoms with van der Waals surface area (Å²) in [6, 6.07) is 0. The summed E-state index contributed by atoms with van der Waals surface area (Å²) in [6.45, 7) is 0.871. The molecule has 1 aliphatic carbocycles. The molecule has 0 unspecified atom stereocenters. The lowest BCUT2D eigenvalue weighted by Crippen LogP contribution is -2.56. The predicted molar refractivity (Wildman–Crippen MR) is 47.3 cm³/mol. The molecule has 5 atom stereocenters. The lowest BCUT2D eigenvalue weighted by molar-refractivity contribution is -0.198. The van der Waals surface area contributed by atoms with Crippen LogP contribution in [0.25, 0.3) is 0 Å². The Morgan fingerprint density at radius 3 is 3.00 bits per heavy atom. The van der Waals surface area contributed by atoms with Crippen LogP contribution in [0.2, 0.25) is 0 Å². The summed E-state index contributed by atoms with van der Waals surface area (Å²) >= 11 is 0. The molecule has 4 aliphatic rings. The van der Waals surface area contributed by atoms with Crippen molar-refractivity contribution in [3.8, 4) is 0 Å². The van der Waals surface area contributed by atoms with Crippen LogP contribution in [0.15, 0.2) is 0 Å². The monoisotopic (exact) mass is 197 g/mol. The van der Waals surface area contributed by atoms with E-state index >= 15 is 0 Å². The third-order valence-electron chi connectivity index (χ3n) is 4.52. The minimum absolute atomic E-state index is 0.0351. The van der Waals surface area contributed by atoms with Gasteiger partial charge in [0, 0.05) is 19.4 Å². The zero-order chi connectivity index (χ0) is 9.34. The second-order valence-corrected chi connectivity index (χ2v) is 5.02. The van der Waals surface area contributed by atoms with E-state index in [-0.39, 0.29) is 11.8 Å². The molecule has 3 bridgehead atoms. The van der Waals surface area contributed by atoms with E-state index < -0.39 is 0 Å². The molecule has 4 rings (SSSR count). The third-order valence-corrected chi connectivity index (χ3v) is 4.52. The molecule has 14 heavy (non-hydrogen) atoms. The van der Waals surface area contributed by atoms with Gasteiger partial charge < -0.3 is 9.47 Å². The van der Waals surface area contributed by atoms with Crippen molar-refractivity contribution in [2.75, 3.05) is 13.7 Å². The SMILES string of the molecule is CN1OC[C@H]2C[C@H]3O[C@H]4C[C@]21C[C@H]3O4. The molecule has 0 aromatic heterocycles. The molecular weight excluding hydrogens is 182 g/mol. The number of hydrogen-bond donors (Lipinski definition) is 0. The fourth-order valence-corrected chi connectivity index (χ4v) is 3.70. The van der Waals surface area contributed by atoms with Crippen LogP contribution in [-0.2, 0) is 14.3 Å². The van der Waals surface area contributed by atoms with E-state index in [1.54, 1.807) is 0 Å². The van der Waals surface area contributed by atoms with E-state index in [4.69, 9.17) is 14.3 Å². The number of nitrogens with zero attached hydrogens (tertiary/aromatic N) is 1. The van der Waals surface area contributed by atoms with E-state index in [1.165, 1.54) is 0 Å². The molecule has 3 heterocycles. The van der Waals surface area contributed by atoms with E-state index in [1.807, 2.05) is 0 Å².